The van der Waals surface area contributed by atoms with E-state index < -0.39 is 0 Å². The molecular formula is C29H35N3O2. The summed E-state index contributed by atoms with van der Waals surface area (Å²) in [7, 11) is 1.67. The SMILES string of the molecule is COc1ccccc1CCNC(=O)c1ccc(CN2CCN(c3cccc(C)c3C)CC2)cc1. The first kappa shape index (κ1) is 23.8. The lowest BCUT2D eigenvalue weighted by molar-refractivity contribution is 0.0954. The van der Waals surface area contributed by atoms with Gasteiger partial charge in [0.25, 0.3) is 5.91 Å². The summed E-state index contributed by atoms with van der Waals surface area (Å²) in [6.45, 7) is 10.0. The molecule has 3 aromatic carbocycles. The summed E-state index contributed by atoms with van der Waals surface area (Å²) in [5.74, 6) is 0.819. The van der Waals surface area contributed by atoms with Crippen LogP contribution in [0.3, 0.4) is 0 Å². The number of amides is 1. The van der Waals surface area contributed by atoms with Gasteiger partial charge in [0.05, 0.1) is 7.11 Å². The predicted octanol–water partition coefficient (Wildman–Crippen LogP) is 4.61. The monoisotopic (exact) mass is 457 g/mol. The third-order valence-electron chi connectivity index (χ3n) is 6.78. The second-order valence-electron chi connectivity index (χ2n) is 9.00. The summed E-state index contributed by atoms with van der Waals surface area (Å²) in [4.78, 5) is 17.5. The molecule has 0 bridgehead atoms. The van der Waals surface area contributed by atoms with Gasteiger partial charge in [0.15, 0.2) is 0 Å². The van der Waals surface area contributed by atoms with Crippen LogP contribution in [0.1, 0.15) is 32.6 Å². The molecule has 0 saturated carbocycles. The van der Waals surface area contributed by atoms with Gasteiger partial charge in [-0.15, -0.1) is 0 Å². The van der Waals surface area contributed by atoms with Crippen LogP contribution in [0.5, 0.6) is 5.75 Å². The summed E-state index contributed by atoms with van der Waals surface area (Å²) in [5, 5.41) is 3.02. The molecule has 0 radical (unpaired) electrons. The molecule has 0 spiro atoms. The minimum atomic E-state index is -0.0383. The Labute approximate surface area is 203 Å². The molecule has 1 aliphatic heterocycles. The second-order valence-corrected chi connectivity index (χ2v) is 9.00. The van der Waals surface area contributed by atoms with Crippen LogP contribution in [0.2, 0.25) is 0 Å². The second kappa shape index (κ2) is 11.2. The van der Waals surface area contributed by atoms with Crippen LogP contribution in [-0.2, 0) is 13.0 Å². The average molecular weight is 458 g/mol. The van der Waals surface area contributed by atoms with E-state index in [0.29, 0.717) is 12.1 Å². The van der Waals surface area contributed by atoms with E-state index in [1.165, 1.54) is 22.4 Å². The maximum Gasteiger partial charge on any atom is 0.251 e. The van der Waals surface area contributed by atoms with Gasteiger partial charge >= 0.3 is 0 Å². The van der Waals surface area contributed by atoms with Crippen molar-refractivity contribution in [3.8, 4) is 5.75 Å². The van der Waals surface area contributed by atoms with Crippen LogP contribution in [0, 0.1) is 13.8 Å². The lowest BCUT2D eigenvalue weighted by Crippen LogP contribution is -2.46. The number of nitrogens with one attached hydrogen (secondary N) is 1. The van der Waals surface area contributed by atoms with Crippen molar-refractivity contribution in [1.82, 2.24) is 10.2 Å². The van der Waals surface area contributed by atoms with Crippen molar-refractivity contribution in [2.75, 3.05) is 44.7 Å². The predicted molar refractivity (Wildman–Crippen MR) is 139 cm³/mol. The van der Waals surface area contributed by atoms with Gasteiger partial charge in [-0.25, -0.2) is 0 Å². The highest BCUT2D eigenvalue weighted by molar-refractivity contribution is 5.94. The molecule has 0 unspecified atom stereocenters. The first-order valence-corrected chi connectivity index (χ1v) is 12.1. The Bertz CT molecular complexity index is 1100. The van der Waals surface area contributed by atoms with Gasteiger partial charge in [0.2, 0.25) is 0 Å². The van der Waals surface area contributed by atoms with Gasteiger partial charge in [-0.05, 0) is 66.8 Å². The number of methoxy groups -OCH3 is 1. The van der Waals surface area contributed by atoms with Gasteiger partial charge in [-0.2, -0.15) is 0 Å². The number of rotatable bonds is 8. The van der Waals surface area contributed by atoms with E-state index in [9.17, 15) is 4.79 Å². The standard InChI is InChI=1S/C29H35N3O2/c1-22-7-6-9-27(23(22)2)32-19-17-31(18-20-32)21-24-11-13-26(14-12-24)29(33)30-16-15-25-8-4-5-10-28(25)34-3/h4-14H,15-21H2,1-3H3,(H,30,33). The van der Waals surface area contributed by atoms with E-state index in [2.05, 4.69) is 59.3 Å². The minimum Gasteiger partial charge on any atom is -0.496 e. The Morgan fingerprint density at radius 3 is 2.38 bits per heavy atom. The molecule has 1 saturated heterocycles. The number of piperazine rings is 1. The number of benzene rings is 3. The molecule has 5 nitrogen and oxygen atoms in total. The zero-order chi connectivity index (χ0) is 23.9. The van der Waals surface area contributed by atoms with E-state index in [-0.39, 0.29) is 5.91 Å². The van der Waals surface area contributed by atoms with Crippen molar-refractivity contribution in [2.45, 2.75) is 26.8 Å². The van der Waals surface area contributed by atoms with E-state index in [1.54, 1.807) is 7.11 Å². The number of para-hydroxylation sites is 1. The lowest BCUT2D eigenvalue weighted by Gasteiger charge is -2.37. The quantitative estimate of drug-likeness (QED) is 0.537. The molecule has 1 heterocycles. The number of hydrogen-bond acceptors (Lipinski definition) is 4. The van der Waals surface area contributed by atoms with Crippen molar-refractivity contribution in [2.24, 2.45) is 0 Å². The maximum absolute atomic E-state index is 12.6. The van der Waals surface area contributed by atoms with Crippen molar-refractivity contribution in [3.05, 3.63) is 94.5 Å². The van der Waals surface area contributed by atoms with Crippen molar-refractivity contribution in [3.63, 3.8) is 0 Å². The molecule has 3 aromatic rings. The Balaban J connectivity index is 1.24. The summed E-state index contributed by atoms with van der Waals surface area (Å²) < 4.78 is 5.38. The third kappa shape index (κ3) is 5.78. The maximum atomic E-state index is 12.6. The molecule has 0 aliphatic carbocycles. The summed E-state index contributed by atoms with van der Waals surface area (Å²) in [6.07, 6.45) is 0.738. The Morgan fingerprint density at radius 2 is 1.65 bits per heavy atom. The summed E-state index contributed by atoms with van der Waals surface area (Å²) in [5.41, 5.74) is 7.13. The Kier molecular flexibility index (Phi) is 7.86. The first-order valence-electron chi connectivity index (χ1n) is 12.1. The number of anilines is 1. The molecular weight excluding hydrogens is 422 g/mol. The van der Waals surface area contributed by atoms with Crippen LogP contribution in [0.25, 0.3) is 0 Å². The van der Waals surface area contributed by atoms with E-state index >= 15 is 0 Å². The molecule has 178 valence electrons. The van der Waals surface area contributed by atoms with Crippen LogP contribution < -0.4 is 15.0 Å². The highest BCUT2D eigenvalue weighted by Gasteiger charge is 2.19. The molecule has 1 fully saturated rings. The first-order chi connectivity index (χ1) is 16.5. The average Bonchev–Trinajstić information content (AvgIpc) is 2.87. The van der Waals surface area contributed by atoms with Gasteiger partial charge in [0, 0.05) is 50.5 Å². The molecule has 5 heteroatoms. The van der Waals surface area contributed by atoms with Gasteiger partial charge in [-0.1, -0.05) is 42.5 Å². The van der Waals surface area contributed by atoms with Crippen molar-refractivity contribution >= 4 is 11.6 Å². The highest BCUT2D eigenvalue weighted by Crippen LogP contribution is 2.24. The zero-order valence-corrected chi connectivity index (χ0v) is 20.5. The number of carbonyl (C=O) groups is 1. The molecule has 1 N–H and O–H groups in total. The van der Waals surface area contributed by atoms with E-state index in [4.69, 9.17) is 4.74 Å². The van der Waals surface area contributed by atoms with Gasteiger partial charge in [-0.3, -0.25) is 9.69 Å². The Hall–Kier alpha value is -3.31. The molecule has 34 heavy (non-hydrogen) atoms. The number of hydrogen-bond donors (Lipinski definition) is 1. The fraction of sp³-hybridized carbons (Fsp3) is 0.345. The molecule has 1 amide bonds. The number of carbonyl (C=O) groups excluding carboxylic acids is 1. The van der Waals surface area contributed by atoms with E-state index in [1.807, 2.05) is 36.4 Å². The topological polar surface area (TPSA) is 44.8 Å². The van der Waals surface area contributed by atoms with E-state index in [0.717, 1.165) is 50.5 Å². The fourth-order valence-electron chi connectivity index (χ4n) is 4.57. The summed E-state index contributed by atoms with van der Waals surface area (Å²) in [6, 6.07) is 22.5. The van der Waals surface area contributed by atoms with Crippen molar-refractivity contribution < 1.29 is 9.53 Å². The number of aryl methyl sites for hydroxylation is 1. The Morgan fingerprint density at radius 1 is 0.912 bits per heavy atom. The zero-order valence-electron chi connectivity index (χ0n) is 20.5. The van der Waals surface area contributed by atoms with Gasteiger partial charge < -0.3 is 15.0 Å². The largest absolute Gasteiger partial charge is 0.496 e. The molecule has 0 atom stereocenters. The lowest BCUT2D eigenvalue weighted by atomic mass is 10.1. The highest BCUT2D eigenvalue weighted by atomic mass is 16.5. The van der Waals surface area contributed by atoms with Gasteiger partial charge in [0.1, 0.15) is 5.75 Å². The third-order valence-corrected chi connectivity index (χ3v) is 6.78. The van der Waals surface area contributed by atoms with Crippen molar-refractivity contribution in [1.29, 1.82) is 0 Å². The van der Waals surface area contributed by atoms with Crippen LogP contribution in [0.15, 0.2) is 66.7 Å². The smallest absolute Gasteiger partial charge is 0.251 e. The summed E-state index contributed by atoms with van der Waals surface area (Å²) >= 11 is 0. The minimum absolute atomic E-state index is 0.0383. The number of ether oxygens (including phenoxy) is 1. The molecule has 1 aliphatic rings. The fourth-order valence-corrected chi connectivity index (χ4v) is 4.57. The normalized spacial score (nSPS) is 14.1. The van der Waals surface area contributed by atoms with Crippen LogP contribution >= 0.6 is 0 Å². The number of nitrogens with zero attached hydrogens (tertiary/aromatic N) is 2. The molecule has 4 rings (SSSR count). The van der Waals surface area contributed by atoms with Crippen LogP contribution in [-0.4, -0.2) is 50.6 Å². The molecule has 0 aromatic heterocycles. The van der Waals surface area contributed by atoms with Crippen LogP contribution in [0.4, 0.5) is 5.69 Å².